The number of ether oxygens (including phenoxy) is 2. The normalized spacial score (nSPS) is 14.8. The lowest BCUT2D eigenvalue weighted by Gasteiger charge is -2.35. The maximum atomic E-state index is 12.9. The molecule has 2 aromatic carbocycles. The molecule has 1 fully saturated rings. The fourth-order valence-corrected chi connectivity index (χ4v) is 4.05. The number of piperazine rings is 1. The summed E-state index contributed by atoms with van der Waals surface area (Å²) in [5.41, 5.74) is 2.31. The van der Waals surface area contributed by atoms with Gasteiger partial charge in [0.25, 0.3) is 0 Å². The topological polar surface area (TPSA) is 37.8 Å². The molecule has 1 aliphatic rings. The third-order valence-electron chi connectivity index (χ3n) is 4.97. The molecule has 0 atom stereocenters. The van der Waals surface area contributed by atoms with Crippen LogP contribution in [-0.4, -0.2) is 43.2 Å². The zero-order chi connectivity index (χ0) is 20.1. The summed E-state index contributed by atoms with van der Waals surface area (Å²) < 4.78 is 23.9. The zero-order valence-electron chi connectivity index (χ0n) is 16.4. The highest BCUT2D eigenvalue weighted by Gasteiger charge is 2.18. The number of hydrogen-bond donors (Lipinski definition) is 0. The van der Waals surface area contributed by atoms with Crippen LogP contribution in [-0.2, 0) is 13.2 Å². The first-order chi connectivity index (χ1) is 14.2. The Hall–Kier alpha value is -2.64. The van der Waals surface area contributed by atoms with Gasteiger partial charge in [-0.25, -0.2) is 9.37 Å². The van der Waals surface area contributed by atoms with Crippen LogP contribution in [0.25, 0.3) is 0 Å². The molecule has 0 saturated carbocycles. The smallest absolute Gasteiger partial charge is 0.140 e. The highest BCUT2D eigenvalue weighted by molar-refractivity contribution is 7.09. The molecule has 4 rings (SSSR count). The monoisotopic (exact) mass is 413 g/mol. The van der Waals surface area contributed by atoms with Crippen molar-refractivity contribution in [3.63, 3.8) is 0 Å². The zero-order valence-corrected chi connectivity index (χ0v) is 17.2. The number of halogens is 1. The summed E-state index contributed by atoms with van der Waals surface area (Å²) in [4.78, 5) is 9.52. The SMILES string of the molecule is COc1ccc(N2CCN(Cc3csc(COc4ccc(F)cc4)n3)CC2)cc1. The van der Waals surface area contributed by atoms with Crippen molar-refractivity contribution in [2.24, 2.45) is 0 Å². The Balaban J connectivity index is 1.24. The van der Waals surface area contributed by atoms with E-state index in [1.54, 1.807) is 30.6 Å². The fraction of sp³-hybridized carbons (Fsp3) is 0.318. The van der Waals surface area contributed by atoms with Crippen molar-refractivity contribution in [3.05, 3.63) is 70.4 Å². The van der Waals surface area contributed by atoms with Crippen molar-refractivity contribution < 1.29 is 13.9 Å². The Morgan fingerprint density at radius 3 is 2.34 bits per heavy atom. The largest absolute Gasteiger partial charge is 0.497 e. The van der Waals surface area contributed by atoms with E-state index in [-0.39, 0.29) is 5.82 Å². The number of methoxy groups -OCH3 is 1. The molecule has 0 amide bonds. The van der Waals surface area contributed by atoms with Crippen molar-refractivity contribution >= 4 is 17.0 Å². The molecule has 0 unspecified atom stereocenters. The quantitative estimate of drug-likeness (QED) is 0.581. The molecule has 0 spiro atoms. The molecule has 0 radical (unpaired) electrons. The molecule has 0 N–H and O–H groups in total. The molecule has 152 valence electrons. The van der Waals surface area contributed by atoms with Gasteiger partial charge in [-0.3, -0.25) is 4.90 Å². The molecule has 2 heterocycles. The van der Waals surface area contributed by atoms with Crippen molar-refractivity contribution in [3.8, 4) is 11.5 Å². The lowest BCUT2D eigenvalue weighted by molar-refractivity contribution is 0.246. The molecule has 0 aliphatic carbocycles. The summed E-state index contributed by atoms with van der Waals surface area (Å²) in [6, 6.07) is 14.3. The van der Waals surface area contributed by atoms with Crippen molar-refractivity contribution in [2.75, 3.05) is 38.2 Å². The highest BCUT2D eigenvalue weighted by atomic mass is 32.1. The number of hydrogen-bond acceptors (Lipinski definition) is 6. The second kappa shape index (κ2) is 9.24. The average Bonchev–Trinajstić information content (AvgIpc) is 3.21. The van der Waals surface area contributed by atoms with Gasteiger partial charge in [-0.2, -0.15) is 0 Å². The van der Waals surface area contributed by atoms with E-state index in [1.807, 2.05) is 12.1 Å². The molecule has 1 aromatic heterocycles. The van der Waals surface area contributed by atoms with Gasteiger partial charge < -0.3 is 14.4 Å². The van der Waals surface area contributed by atoms with Crippen LogP contribution in [0.2, 0.25) is 0 Å². The summed E-state index contributed by atoms with van der Waals surface area (Å²) in [6.07, 6.45) is 0. The molecule has 3 aromatic rings. The minimum Gasteiger partial charge on any atom is -0.497 e. The standard InChI is InChI=1S/C22H24FN3O2S/c1-27-20-8-4-19(5-9-20)26-12-10-25(11-13-26)14-18-16-29-22(24-18)15-28-21-6-2-17(23)3-7-21/h2-9,16H,10-15H2,1H3. The van der Waals surface area contributed by atoms with Gasteiger partial charge in [-0.15, -0.1) is 11.3 Å². The number of anilines is 1. The molecule has 7 heteroatoms. The Kier molecular flexibility index (Phi) is 6.27. The van der Waals surface area contributed by atoms with Crippen LogP contribution in [0.5, 0.6) is 11.5 Å². The minimum atomic E-state index is -0.263. The van der Waals surface area contributed by atoms with Gasteiger partial charge in [0.05, 0.1) is 12.8 Å². The van der Waals surface area contributed by atoms with Crippen LogP contribution in [0.1, 0.15) is 10.7 Å². The fourth-order valence-electron chi connectivity index (χ4n) is 3.35. The Bertz CT molecular complexity index is 907. The van der Waals surface area contributed by atoms with Crippen LogP contribution in [0.4, 0.5) is 10.1 Å². The molecule has 1 saturated heterocycles. The van der Waals surface area contributed by atoms with Gasteiger partial charge >= 0.3 is 0 Å². The van der Waals surface area contributed by atoms with Crippen LogP contribution in [0, 0.1) is 5.82 Å². The van der Waals surface area contributed by atoms with Crippen LogP contribution >= 0.6 is 11.3 Å². The second-order valence-electron chi connectivity index (χ2n) is 6.94. The third-order valence-corrected chi connectivity index (χ3v) is 5.84. The van der Waals surface area contributed by atoms with Gasteiger partial charge in [0.15, 0.2) is 0 Å². The lowest BCUT2D eigenvalue weighted by atomic mass is 10.2. The molecular weight excluding hydrogens is 389 g/mol. The van der Waals surface area contributed by atoms with Gasteiger partial charge in [0, 0.05) is 43.8 Å². The summed E-state index contributed by atoms with van der Waals surface area (Å²) in [5, 5.41) is 3.03. The first kappa shape index (κ1) is 19.7. The first-order valence-electron chi connectivity index (χ1n) is 9.62. The Morgan fingerprint density at radius 1 is 0.966 bits per heavy atom. The molecular formula is C22H24FN3O2S. The number of thiazole rings is 1. The van der Waals surface area contributed by atoms with E-state index in [0.717, 1.165) is 49.2 Å². The van der Waals surface area contributed by atoms with E-state index in [1.165, 1.54) is 17.8 Å². The maximum absolute atomic E-state index is 12.9. The predicted molar refractivity (Wildman–Crippen MR) is 113 cm³/mol. The van der Waals surface area contributed by atoms with E-state index < -0.39 is 0 Å². The number of nitrogens with zero attached hydrogens (tertiary/aromatic N) is 3. The first-order valence-corrected chi connectivity index (χ1v) is 10.5. The average molecular weight is 414 g/mol. The number of benzene rings is 2. The summed E-state index contributed by atoms with van der Waals surface area (Å²) >= 11 is 1.60. The maximum Gasteiger partial charge on any atom is 0.140 e. The van der Waals surface area contributed by atoms with E-state index in [4.69, 9.17) is 9.47 Å². The number of aromatic nitrogens is 1. The predicted octanol–water partition coefficient (Wildman–Crippen LogP) is 4.19. The number of rotatable bonds is 7. The third kappa shape index (κ3) is 5.25. The van der Waals surface area contributed by atoms with Gasteiger partial charge in [-0.1, -0.05) is 0 Å². The van der Waals surface area contributed by atoms with Gasteiger partial charge in [-0.05, 0) is 48.5 Å². The van der Waals surface area contributed by atoms with E-state index in [2.05, 4.69) is 32.3 Å². The Labute approximate surface area is 174 Å². The summed E-state index contributed by atoms with van der Waals surface area (Å²) in [5.74, 6) is 1.27. The van der Waals surface area contributed by atoms with Crippen LogP contribution in [0.3, 0.4) is 0 Å². The summed E-state index contributed by atoms with van der Waals surface area (Å²) in [7, 11) is 1.69. The van der Waals surface area contributed by atoms with Crippen molar-refractivity contribution in [1.82, 2.24) is 9.88 Å². The lowest BCUT2D eigenvalue weighted by Crippen LogP contribution is -2.46. The van der Waals surface area contributed by atoms with E-state index in [9.17, 15) is 4.39 Å². The van der Waals surface area contributed by atoms with Crippen molar-refractivity contribution in [2.45, 2.75) is 13.2 Å². The second-order valence-corrected chi connectivity index (χ2v) is 7.88. The van der Waals surface area contributed by atoms with Crippen LogP contribution < -0.4 is 14.4 Å². The molecule has 1 aliphatic heterocycles. The molecule has 5 nitrogen and oxygen atoms in total. The minimum absolute atomic E-state index is 0.263. The molecule has 29 heavy (non-hydrogen) atoms. The molecule has 0 bridgehead atoms. The summed E-state index contributed by atoms with van der Waals surface area (Å²) in [6.45, 7) is 5.26. The van der Waals surface area contributed by atoms with Crippen molar-refractivity contribution in [1.29, 1.82) is 0 Å². The van der Waals surface area contributed by atoms with E-state index >= 15 is 0 Å². The highest BCUT2D eigenvalue weighted by Crippen LogP contribution is 2.22. The van der Waals surface area contributed by atoms with E-state index in [0.29, 0.717) is 12.4 Å². The Morgan fingerprint density at radius 2 is 1.66 bits per heavy atom. The van der Waals surface area contributed by atoms with Crippen LogP contribution in [0.15, 0.2) is 53.9 Å². The van der Waals surface area contributed by atoms with Gasteiger partial charge in [0.2, 0.25) is 0 Å². The van der Waals surface area contributed by atoms with Gasteiger partial charge in [0.1, 0.15) is 28.9 Å².